The third kappa shape index (κ3) is 4.35. The number of hydrogen-bond donors (Lipinski definition) is 1. The van der Waals surface area contributed by atoms with E-state index in [4.69, 9.17) is 0 Å². The molecule has 0 aliphatic heterocycles. The average Bonchev–Trinajstić information content (AvgIpc) is 2.69. The van der Waals surface area contributed by atoms with Crippen LogP contribution in [-0.4, -0.2) is 21.8 Å². The van der Waals surface area contributed by atoms with E-state index >= 15 is 0 Å². The Morgan fingerprint density at radius 3 is 2.21 bits per heavy atom. The lowest BCUT2D eigenvalue weighted by Crippen LogP contribution is -2.10. The van der Waals surface area contributed by atoms with Crippen LogP contribution in [0.1, 0.15) is 37.4 Å². The Morgan fingerprint density at radius 1 is 0.931 bits per heavy atom. The Balaban J connectivity index is 2.01. The molecule has 146 valence electrons. The first-order valence-electron chi connectivity index (χ1n) is 8.68. The summed E-state index contributed by atoms with van der Waals surface area (Å²) in [5.41, 5.74) is 1.81. The van der Waals surface area contributed by atoms with Crippen LogP contribution in [0.15, 0.2) is 70.5 Å². The van der Waals surface area contributed by atoms with E-state index < -0.39 is 16.7 Å². The van der Waals surface area contributed by atoms with Gasteiger partial charge in [-0.1, -0.05) is 47.7 Å². The van der Waals surface area contributed by atoms with Gasteiger partial charge in [0.2, 0.25) is 0 Å². The zero-order valence-corrected chi connectivity index (χ0v) is 16.5. The molecule has 0 fully saturated rings. The number of aromatic carboxylic acids is 1. The van der Waals surface area contributed by atoms with E-state index in [0.29, 0.717) is 4.90 Å². The number of nitro groups is 1. The molecule has 7 heteroatoms. The van der Waals surface area contributed by atoms with Crippen LogP contribution in [0.4, 0.5) is 5.69 Å². The fourth-order valence-electron chi connectivity index (χ4n) is 2.94. The second-order valence-corrected chi connectivity index (χ2v) is 7.57. The Labute approximate surface area is 171 Å². The van der Waals surface area contributed by atoms with E-state index in [1.54, 1.807) is 6.07 Å². The van der Waals surface area contributed by atoms with Crippen molar-refractivity contribution >= 4 is 29.2 Å². The number of rotatable bonds is 6. The van der Waals surface area contributed by atoms with Crippen LogP contribution in [0.3, 0.4) is 0 Å². The van der Waals surface area contributed by atoms with Gasteiger partial charge in [0, 0.05) is 22.1 Å². The lowest BCUT2D eigenvalue weighted by atomic mass is 9.98. The molecule has 0 atom stereocenters. The number of carbonyl (C=O) groups is 2. The molecule has 0 spiro atoms. The number of nitro benzene ring substituents is 1. The van der Waals surface area contributed by atoms with Crippen molar-refractivity contribution in [2.75, 3.05) is 0 Å². The summed E-state index contributed by atoms with van der Waals surface area (Å²) in [6.45, 7) is 3.90. The molecule has 3 aromatic carbocycles. The maximum atomic E-state index is 12.8. The molecule has 0 heterocycles. The maximum absolute atomic E-state index is 12.8. The molecule has 29 heavy (non-hydrogen) atoms. The predicted molar refractivity (Wildman–Crippen MR) is 110 cm³/mol. The minimum Gasteiger partial charge on any atom is -0.478 e. The lowest BCUT2D eigenvalue weighted by molar-refractivity contribution is -0.387. The van der Waals surface area contributed by atoms with Crippen LogP contribution in [0.2, 0.25) is 0 Å². The van der Waals surface area contributed by atoms with E-state index in [1.165, 1.54) is 48.2 Å². The third-order valence-electron chi connectivity index (χ3n) is 4.37. The quantitative estimate of drug-likeness (QED) is 0.339. The smallest absolute Gasteiger partial charge is 0.336 e. The molecule has 6 nitrogen and oxygen atoms in total. The molecule has 0 aromatic heterocycles. The zero-order valence-electron chi connectivity index (χ0n) is 15.7. The van der Waals surface area contributed by atoms with Crippen molar-refractivity contribution in [1.29, 1.82) is 0 Å². The van der Waals surface area contributed by atoms with Gasteiger partial charge in [-0.25, -0.2) is 4.79 Å². The SMILES string of the molecule is Cc1ccc(Sc2ccc(C(=O)c3ccccc3C(=O)O)cc2[N+](=O)[O-])c(C)c1. The number of nitrogens with zero attached hydrogens (tertiary/aromatic N) is 1. The average molecular weight is 407 g/mol. The summed E-state index contributed by atoms with van der Waals surface area (Å²) >= 11 is 1.26. The van der Waals surface area contributed by atoms with E-state index in [-0.39, 0.29) is 22.4 Å². The molecular formula is C22H17NO5S. The second-order valence-electron chi connectivity index (χ2n) is 6.49. The third-order valence-corrected chi connectivity index (χ3v) is 5.61. The van der Waals surface area contributed by atoms with Crippen LogP contribution in [0.5, 0.6) is 0 Å². The monoisotopic (exact) mass is 407 g/mol. The van der Waals surface area contributed by atoms with Gasteiger partial charge in [-0.3, -0.25) is 14.9 Å². The zero-order chi connectivity index (χ0) is 21.1. The largest absolute Gasteiger partial charge is 0.478 e. The van der Waals surface area contributed by atoms with Gasteiger partial charge < -0.3 is 5.11 Å². The minimum absolute atomic E-state index is 0.0101. The first-order valence-corrected chi connectivity index (χ1v) is 9.50. The standard InChI is InChI=1S/C22H17NO5S/c1-13-7-9-19(14(2)11-13)29-20-10-8-15(12-18(20)23(27)28)21(24)16-5-3-4-6-17(16)22(25)26/h3-12H,1-2H3,(H,25,26). The summed E-state index contributed by atoms with van der Waals surface area (Å²) in [6.07, 6.45) is 0. The topological polar surface area (TPSA) is 97.5 Å². The molecule has 0 aliphatic carbocycles. The number of aryl methyl sites for hydroxylation is 2. The number of carbonyl (C=O) groups excluding carboxylic acids is 1. The molecule has 3 aromatic rings. The molecule has 0 radical (unpaired) electrons. The minimum atomic E-state index is -1.23. The van der Waals surface area contributed by atoms with Gasteiger partial charge in [0.25, 0.3) is 5.69 Å². The normalized spacial score (nSPS) is 10.6. The number of carboxylic acids is 1. The fourth-order valence-corrected chi connectivity index (χ4v) is 3.91. The summed E-state index contributed by atoms with van der Waals surface area (Å²) in [6, 6.07) is 15.8. The molecule has 0 unspecified atom stereocenters. The van der Waals surface area contributed by atoms with Crippen molar-refractivity contribution in [3.63, 3.8) is 0 Å². The van der Waals surface area contributed by atoms with Crippen LogP contribution in [0.25, 0.3) is 0 Å². The van der Waals surface area contributed by atoms with E-state index in [0.717, 1.165) is 16.0 Å². The number of hydrogen-bond acceptors (Lipinski definition) is 5. The lowest BCUT2D eigenvalue weighted by Gasteiger charge is -2.09. The van der Waals surface area contributed by atoms with Crippen LogP contribution in [0, 0.1) is 24.0 Å². The Kier molecular flexibility index (Phi) is 5.79. The van der Waals surface area contributed by atoms with E-state index in [1.807, 2.05) is 32.0 Å². The van der Waals surface area contributed by atoms with Gasteiger partial charge in [-0.15, -0.1) is 0 Å². The van der Waals surface area contributed by atoms with Gasteiger partial charge in [0.05, 0.1) is 15.4 Å². The van der Waals surface area contributed by atoms with Crippen molar-refractivity contribution in [2.24, 2.45) is 0 Å². The molecule has 1 N–H and O–H groups in total. The summed E-state index contributed by atoms with van der Waals surface area (Å²) in [5.74, 6) is -1.81. The summed E-state index contributed by atoms with van der Waals surface area (Å²) < 4.78 is 0. The number of benzene rings is 3. The van der Waals surface area contributed by atoms with Crippen LogP contribution in [-0.2, 0) is 0 Å². The predicted octanol–water partition coefficient (Wildman–Crippen LogP) is 5.29. The molecule has 0 bridgehead atoms. The van der Waals surface area contributed by atoms with Crippen molar-refractivity contribution in [2.45, 2.75) is 23.6 Å². The first-order chi connectivity index (χ1) is 13.8. The number of carboxylic acid groups (broad SMARTS) is 1. The van der Waals surface area contributed by atoms with Crippen LogP contribution < -0.4 is 0 Å². The summed E-state index contributed by atoms with van der Waals surface area (Å²) in [7, 11) is 0. The highest BCUT2D eigenvalue weighted by atomic mass is 32.2. The van der Waals surface area contributed by atoms with E-state index in [9.17, 15) is 24.8 Å². The van der Waals surface area contributed by atoms with Gasteiger partial charge in [0.1, 0.15) is 0 Å². The van der Waals surface area contributed by atoms with Gasteiger partial charge >= 0.3 is 5.97 Å². The molecule has 0 saturated heterocycles. The fraction of sp³-hybridized carbons (Fsp3) is 0.0909. The Hall–Kier alpha value is -3.45. The molecule has 3 rings (SSSR count). The second kappa shape index (κ2) is 8.28. The highest BCUT2D eigenvalue weighted by molar-refractivity contribution is 7.99. The Bertz CT molecular complexity index is 1140. The van der Waals surface area contributed by atoms with E-state index in [2.05, 4.69) is 0 Å². The molecule has 0 amide bonds. The summed E-state index contributed by atoms with van der Waals surface area (Å²) in [5, 5.41) is 20.9. The first kappa shape index (κ1) is 20.3. The maximum Gasteiger partial charge on any atom is 0.336 e. The summed E-state index contributed by atoms with van der Waals surface area (Å²) in [4.78, 5) is 36.6. The highest BCUT2D eigenvalue weighted by Crippen LogP contribution is 2.37. The van der Waals surface area contributed by atoms with Crippen molar-refractivity contribution in [1.82, 2.24) is 0 Å². The van der Waals surface area contributed by atoms with Crippen molar-refractivity contribution in [3.05, 3.63) is 98.6 Å². The Morgan fingerprint density at radius 2 is 1.59 bits per heavy atom. The van der Waals surface area contributed by atoms with Crippen molar-refractivity contribution < 1.29 is 19.6 Å². The van der Waals surface area contributed by atoms with Crippen LogP contribution >= 0.6 is 11.8 Å². The van der Waals surface area contributed by atoms with Gasteiger partial charge in [-0.05, 0) is 43.7 Å². The number of ketones is 1. The van der Waals surface area contributed by atoms with Gasteiger partial charge in [-0.2, -0.15) is 0 Å². The highest BCUT2D eigenvalue weighted by Gasteiger charge is 2.22. The molecular weight excluding hydrogens is 390 g/mol. The van der Waals surface area contributed by atoms with Crippen molar-refractivity contribution in [3.8, 4) is 0 Å². The van der Waals surface area contributed by atoms with Gasteiger partial charge in [0.15, 0.2) is 5.78 Å². The molecule has 0 saturated carbocycles. The molecule has 0 aliphatic rings.